The third-order valence-corrected chi connectivity index (χ3v) is 10.9. The monoisotopic (exact) mass is 703 g/mol. The van der Waals surface area contributed by atoms with Gasteiger partial charge < -0.3 is 25.0 Å². The van der Waals surface area contributed by atoms with E-state index >= 15 is 0 Å². The number of rotatable bonds is 17. The van der Waals surface area contributed by atoms with E-state index in [0.29, 0.717) is 37.4 Å². The number of urea groups is 1. The van der Waals surface area contributed by atoms with Gasteiger partial charge in [-0.15, -0.1) is 0 Å². The van der Waals surface area contributed by atoms with Crippen molar-refractivity contribution in [2.45, 2.75) is 70.2 Å². The number of hydrogen-bond acceptors (Lipinski definition) is 7. The molecule has 1 heterocycles. The first kappa shape index (κ1) is 38.4. The van der Waals surface area contributed by atoms with Crippen molar-refractivity contribution in [1.29, 1.82) is 5.26 Å². The lowest BCUT2D eigenvalue weighted by Crippen LogP contribution is -2.57. The van der Waals surface area contributed by atoms with Gasteiger partial charge in [0.25, 0.3) is 0 Å². The van der Waals surface area contributed by atoms with Crippen LogP contribution in [0.15, 0.2) is 83.8 Å². The van der Waals surface area contributed by atoms with E-state index in [1.807, 2.05) is 64.1 Å². The van der Waals surface area contributed by atoms with Crippen molar-refractivity contribution in [2.75, 3.05) is 33.3 Å². The number of methoxy groups -OCH3 is 1. The van der Waals surface area contributed by atoms with Crippen molar-refractivity contribution in [3.63, 3.8) is 0 Å². The van der Waals surface area contributed by atoms with E-state index in [-0.39, 0.29) is 42.3 Å². The van der Waals surface area contributed by atoms with Crippen molar-refractivity contribution in [1.82, 2.24) is 19.4 Å². The van der Waals surface area contributed by atoms with Crippen molar-refractivity contribution in [2.24, 2.45) is 11.8 Å². The highest BCUT2D eigenvalue weighted by molar-refractivity contribution is 7.89. The van der Waals surface area contributed by atoms with Gasteiger partial charge in [-0.05, 0) is 65.8 Å². The van der Waals surface area contributed by atoms with Gasteiger partial charge in [-0.3, -0.25) is 4.79 Å². The Labute approximate surface area is 296 Å². The fourth-order valence-electron chi connectivity index (χ4n) is 6.23. The maximum absolute atomic E-state index is 14.3. The average molecular weight is 704 g/mol. The fourth-order valence-corrected chi connectivity index (χ4v) is 7.85. The number of sulfonamides is 1. The molecule has 0 aromatic heterocycles. The third kappa shape index (κ3) is 9.62. The molecule has 4 atom stereocenters. The summed E-state index contributed by atoms with van der Waals surface area (Å²) in [6.07, 6.45) is -0.407. The molecule has 0 bridgehead atoms. The smallest absolute Gasteiger partial charge is 0.321 e. The van der Waals surface area contributed by atoms with Crippen LogP contribution in [0.5, 0.6) is 5.75 Å². The second-order valence-corrected chi connectivity index (χ2v) is 15.2. The Morgan fingerprint density at radius 2 is 1.68 bits per heavy atom. The molecule has 1 fully saturated rings. The molecular weight excluding hydrogens is 655 g/mol. The van der Waals surface area contributed by atoms with Gasteiger partial charge in [0.05, 0.1) is 35.8 Å². The number of amides is 3. The fraction of sp³-hybridized carbons (Fsp3) is 0.447. The highest BCUT2D eigenvalue weighted by atomic mass is 32.2. The minimum atomic E-state index is -4.01. The highest BCUT2D eigenvalue weighted by Crippen LogP contribution is 2.25. The Hall–Kier alpha value is -4.44. The lowest BCUT2D eigenvalue weighted by molar-refractivity contribution is -0.128. The minimum Gasteiger partial charge on any atom is -0.497 e. The summed E-state index contributed by atoms with van der Waals surface area (Å²) in [6.45, 7) is 8.65. The van der Waals surface area contributed by atoms with E-state index in [9.17, 15) is 28.4 Å². The zero-order chi connectivity index (χ0) is 36.4. The molecule has 11 nitrogen and oxygen atoms in total. The zero-order valence-electron chi connectivity index (χ0n) is 29.5. The number of carbonyl (C=O) groups excluding carboxylic acids is 2. The van der Waals surface area contributed by atoms with Crippen LogP contribution in [0.4, 0.5) is 4.79 Å². The number of benzene rings is 3. The van der Waals surface area contributed by atoms with Gasteiger partial charge in [0, 0.05) is 32.7 Å². The van der Waals surface area contributed by atoms with Crippen LogP contribution in [-0.4, -0.2) is 91.0 Å². The Balaban J connectivity index is 1.59. The first-order chi connectivity index (χ1) is 23.9. The Morgan fingerprint density at radius 1 is 1.00 bits per heavy atom. The van der Waals surface area contributed by atoms with Crippen LogP contribution < -0.4 is 10.1 Å². The Bertz CT molecular complexity index is 1730. The van der Waals surface area contributed by atoms with E-state index in [4.69, 9.17) is 4.74 Å². The number of aliphatic hydroxyl groups is 1. The average Bonchev–Trinajstić information content (AvgIpc) is 3.46. The molecule has 4 rings (SSSR count). The van der Waals surface area contributed by atoms with Gasteiger partial charge in [-0.2, -0.15) is 9.57 Å². The number of nitrogens with zero attached hydrogens (tertiary/aromatic N) is 4. The normalized spacial score (nSPS) is 15.9. The molecule has 1 saturated heterocycles. The molecule has 3 amide bonds. The molecule has 1 aliphatic heterocycles. The standard InChI is InChI=1S/C38H49N5O6S/c1-6-28(4)36(43-20-19-41(38(43)46)25-31-14-10-13-30(21-31)23-39)37(45)40-34(22-29-11-8-7-9-12-29)35(44)26-42(24-27(2)3)50(47,48)33-17-15-32(49-5)16-18-33/h7-18,21,27-28,34-36,44H,6,19-20,22,24-26H2,1-5H3,(H,40,45)/t28-,34-,35-,36-/m0/s1. The molecule has 2 N–H and O–H groups in total. The van der Waals surface area contributed by atoms with E-state index in [1.165, 1.54) is 23.5 Å². The number of ether oxygens (including phenoxy) is 1. The number of aliphatic hydroxyl groups excluding tert-OH is 1. The quantitative estimate of drug-likeness (QED) is 0.208. The second-order valence-electron chi connectivity index (χ2n) is 13.3. The Kier molecular flexibility index (Phi) is 13.4. The summed E-state index contributed by atoms with van der Waals surface area (Å²) >= 11 is 0. The van der Waals surface area contributed by atoms with Crippen LogP contribution in [0, 0.1) is 23.2 Å². The molecule has 0 aliphatic carbocycles. The lowest BCUT2D eigenvalue weighted by Gasteiger charge is -2.35. The zero-order valence-corrected chi connectivity index (χ0v) is 30.3. The van der Waals surface area contributed by atoms with E-state index < -0.39 is 34.1 Å². The maximum Gasteiger partial charge on any atom is 0.321 e. The van der Waals surface area contributed by atoms with Crippen LogP contribution in [0.1, 0.15) is 50.8 Å². The molecule has 268 valence electrons. The summed E-state index contributed by atoms with van der Waals surface area (Å²) in [4.78, 5) is 31.3. The third-order valence-electron chi connectivity index (χ3n) is 9.09. The summed E-state index contributed by atoms with van der Waals surface area (Å²) < 4.78 is 34.2. The molecular formula is C38H49N5O6S. The number of carbonyl (C=O) groups is 2. The van der Waals surface area contributed by atoms with Crippen molar-refractivity contribution in [3.05, 3.63) is 95.6 Å². The summed E-state index contributed by atoms with van der Waals surface area (Å²) in [5, 5.41) is 24.1. The molecule has 0 saturated carbocycles. The summed E-state index contributed by atoms with van der Waals surface area (Å²) in [5.74, 6) is -0.134. The predicted molar refractivity (Wildman–Crippen MR) is 192 cm³/mol. The van der Waals surface area contributed by atoms with Crippen LogP contribution in [0.2, 0.25) is 0 Å². The molecule has 0 spiro atoms. The van der Waals surface area contributed by atoms with Crippen LogP contribution in [-0.2, 0) is 27.8 Å². The minimum absolute atomic E-state index is 0.0429. The Morgan fingerprint density at radius 3 is 2.30 bits per heavy atom. The van der Waals surface area contributed by atoms with Gasteiger partial charge in [-0.25, -0.2) is 13.2 Å². The van der Waals surface area contributed by atoms with Crippen molar-refractivity contribution in [3.8, 4) is 11.8 Å². The SMILES string of the molecule is CC[C@H](C)[C@@H](C(=O)N[C@@H](Cc1ccccc1)[C@@H](O)CN(CC(C)C)S(=O)(=O)c1ccc(OC)cc1)N1CCN(Cc2cccc(C#N)c2)C1=O. The van der Waals surface area contributed by atoms with E-state index in [0.717, 1.165) is 11.1 Å². The largest absolute Gasteiger partial charge is 0.497 e. The lowest BCUT2D eigenvalue weighted by atomic mass is 9.95. The van der Waals surface area contributed by atoms with E-state index in [1.54, 1.807) is 40.1 Å². The first-order valence-corrected chi connectivity index (χ1v) is 18.5. The number of hydrogen-bond donors (Lipinski definition) is 2. The van der Waals surface area contributed by atoms with Gasteiger partial charge in [-0.1, -0.05) is 76.6 Å². The summed E-state index contributed by atoms with van der Waals surface area (Å²) in [5.41, 5.74) is 2.19. The molecule has 3 aromatic rings. The maximum atomic E-state index is 14.3. The molecule has 3 aromatic carbocycles. The molecule has 50 heavy (non-hydrogen) atoms. The van der Waals surface area contributed by atoms with Crippen molar-refractivity contribution >= 4 is 22.0 Å². The van der Waals surface area contributed by atoms with Gasteiger partial charge >= 0.3 is 6.03 Å². The van der Waals surface area contributed by atoms with Crippen LogP contribution in [0.25, 0.3) is 0 Å². The summed E-state index contributed by atoms with van der Waals surface area (Å²) in [7, 11) is -2.51. The number of nitriles is 1. The summed E-state index contributed by atoms with van der Waals surface area (Å²) in [6, 6.07) is 22.8. The predicted octanol–water partition coefficient (Wildman–Crippen LogP) is 4.65. The molecule has 0 radical (unpaired) electrons. The second kappa shape index (κ2) is 17.5. The molecule has 12 heteroatoms. The van der Waals surface area contributed by atoms with Gasteiger partial charge in [0.2, 0.25) is 15.9 Å². The van der Waals surface area contributed by atoms with E-state index in [2.05, 4.69) is 11.4 Å². The van der Waals surface area contributed by atoms with Crippen LogP contribution in [0.3, 0.4) is 0 Å². The molecule has 1 aliphatic rings. The first-order valence-electron chi connectivity index (χ1n) is 17.1. The van der Waals surface area contributed by atoms with Gasteiger partial charge in [0.1, 0.15) is 11.8 Å². The van der Waals surface area contributed by atoms with Gasteiger partial charge in [0.15, 0.2) is 0 Å². The van der Waals surface area contributed by atoms with Crippen molar-refractivity contribution < 1.29 is 27.9 Å². The topological polar surface area (TPSA) is 143 Å². The van der Waals surface area contributed by atoms with Crippen LogP contribution >= 0.6 is 0 Å². The molecule has 0 unspecified atom stereocenters. The number of nitrogens with one attached hydrogen (secondary N) is 1. The highest BCUT2D eigenvalue weighted by Gasteiger charge is 2.41.